The molecule has 7 nitrogen and oxygen atoms in total. The topological polar surface area (TPSA) is 82.6 Å². The number of hydrogen-bond acceptors (Lipinski definition) is 6. The summed E-state index contributed by atoms with van der Waals surface area (Å²) >= 11 is 6.15. The molecule has 1 aromatic heterocycles. The van der Waals surface area contributed by atoms with E-state index in [1.165, 1.54) is 0 Å². The average molecular weight is 416 g/mol. The first kappa shape index (κ1) is 20.7. The largest absolute Gasteiger partial charge is 0.493 e. The fourth-order valence-electron chi connectivity index (χ4n) is 2.85. The van der Waals surface area contributed by atoms with Gasteiger partial charge < -0.3 is 14.2 Å². The lowest BCUT2D eigenvalue weighted by Gasteiger charge is -2.12. The molecule has 3 rings (SSSR count). The van der Waals surface area contributed by atoms with Crippen LogP contribution in [0.3, 0.4) is 0 Å². The molecule has 0 radical (unpaired) electrons. The van der Waals surface area contributed by atoms with Crippen LogP contribution in [0.15, 0.2) is 36.4 Å². The highest BCUT2D eigenvalue weighted by atomic mass is 35.5. The summed E-state index contributed by atoms with van der Waals surface area (Å²) in [5.41, 5.74) is 2.59. The zero-order chi connectivity index (χ0) is 20.8. The first-order valence-corrected chi connectivity index (χ1v) is 9.57. The Morgan fingerprint density at radius 3 is 2.59 bits per heavy atom. The Labute approximate surface area is 174 Å². The monoisotopic (exact) mass is 415 g/mol. The number of rotatable bonds is 7. The maximum Gasteiger partial charge on any atom is 0.411 e. The summed E-state index contributed by atoms with van der Waals surface area (Å²) in [5.74, 6) is 1.10. The second-order valence-electron chi connectivity index (χ2n) is 6.26. The Morgan fingerprint density at radius 1 is 1.10 bits per heavy atom. The molecule has 2 aromatic carbocycles. The van der Waals surface area contributed by atoms with E-state index in [0.29, 0.717) is 35.0 Å². The first-order chi connectivity index (χ1) is 14.0. The van der Waals surface area contributed by atoms with Gasteiger partial charge in [-0.25, -0.2) is 14.8 Å². The van der Waals surface area contributed by atoms with Gasteiger partial charge in [0.05, 0.1) is 32.0 Å². The maximum absolute atomic E-state index is 11.9. The number of nitrogens with one attached hydrogen (secondary N) is 1. The molecule has 3 aromatic rings. The van der Waals surface area contributed by atoms with E-state index in [1.807, 2.05) is 19.1 Å². The highest BCUT2D eigenvalue weighted by molar-refractivity contribution is 6.29. The molecule has 0 fully saturated rings. The van der Waals surface area contributed by atoms with Gasteiger partial charge in [-0.05, 0) is 36.2 Å². The lowest BCUT2D eigenvalue weighted by molar-refractivity contribution is 0.160. The SMILES string of the molecule is CCCCOC(=O)Nc1cccc(-c2nc(Cl)nc3cc(OC)c(OC)cc23)c1. The van der Waals surface area contributed by atoms with Crippen molar-refractivity contribution in [3.8, 4) is 22.8 Å². The predicted octanol–water partition coefficient (Wildman–Crippen LogP) is 5.32. The second kappa shape index (κ2) is 9.43. The van der Waals surface area contributed by atoms with E-state index in [0.717, 1.165) is 23.8 Å². The summed E-state index contributed by atoms with van der Waals surface area (Å²) in [7, 11) is 3.12. The molecule has 29 heavy (non-hydrogen) atoms. The number of carbonyl (C=O) groups excluding carboxylic acids is 1. The second-order valence-corrected chi connectivity index (χ2v) is 6.60. The summed E-state index contributed by atoms with van der Waals surface area (Å²) in [6.07, 6.45) is 1.29. The third-order valence-electron chi connectivity index (χ3n) is 4.29. The number of ether oxygens (including phenoxy) is 3. The summed E-state index contributed by atoms with van der Waals surface area (Å²) < 4.78 is 15.9. The van der Waals surface area contributed by atoms with Crippen molar-refractivity contribution in [2.45, 2.75) is 19.8 Å². The summed E-state index contributed by atoms with van der Waals surface area (Å²) in [6, 6.07) is 10.8. The molecule has 1 N–H and O–H groups in total. The van der Waals surface area contributed by atoms with E-state index in [2.05, 4.69) is 15.3 Å². The Hall–Kier alpha value is -3.06. The minimum atomic E-state index is -0.493. The van der Waals surface area contributed by atoms with Gasteiger partial charge in [0.1, 0.15) is 0 Å². The Bertz CT molecular complexity index is 1030. The van der Waals surface area contributed by atoms with Crippen LogP contribution in [0, 0.1) is 0 Å². The molecule has 8 heteroatoms. The van der Waals surface area contributed by atoms with Crippen molar-refractivity contribution in [1.82, 2.24) is 9.97 Å². The average Bonchev–Trinajstić information content (AvgIpc) is 2.72. The standard InChI is InChI=1S/C21H22ClN3O4/c1-4-5-9-29-21(26)23-14-8-6-7-13(10-14)19-15-11-17(27-2)18(28-3)12-16(15)24-20(22)25-19/h6-8,10-12H,4-5,9H2,1-3H3,(H,23,26). The normalized spacial score (nSPS) is 10.6. The maximum atomic E-state index is 11.9. The van der Waals surface area contributed by atoms with Crippen LogP contribution >= 0.6 is 11.6 Å². The molecule has 1 heterocycles. The Kier molecular flexibility index (Phi) is 6.72. The van der Waals surface area contributed by atoms with Gasteiger partial charge in [-0.3, -0.25) is 5.32 Å². The van der Waals surface area contributed by atoms with Gasteiger partial charge >= 0.3 is 6.09 Å². The molecule has 0 unspecified atom stereocenters. The van der Waals surface area contributed by atoms with Crippen LogP contribution in [0.2, 0.25) is 5.28 Å². The van der Waals surface area contributed by atoms with E-state index in [9.17, 15) is 4.79 Å². The molecule has 0 aliphatic heterocycles. The number of benzene rings is 2. The van der Waals surface area contributed by atoms with Gasteiger partial charge in [0.25, 0.3) is 0 Å². The van der Waals surface area contributed by atoms with Crippen molar-refractivity contribution in [2.75, 3.05) is 26.1 Å². The minimum Gasteiger partial charge on any atom is -0.493 e. The van der Waals surface area contributed by atoms with Gasteiger partial charge in [-0.15, -0.1) is 0 Å². The molecule has 0 bridgehead atoms. The fourth-order valence-corrected chi connectivity index (χ4v) is 3.03. The quantitative estimate of drug-likeness (QED) is 0.415. The van der Waals surface area contributed by atoms with Crippen LogP contribution in [0.4, 0.5) is 10.5 Å². The van der Waals surface area contributed by atoms with Gasteiger partial charge in [-0.1, -0.05) is 25.5 Å². The number of fused-ring (bicyclic) bond motifs is 1. The number of methoxy groups -OCH3 is 2. The van der Waals surface area contributed by atoms with Crippen LogP contribution in [0.1, 0.15) is 19.8 Å². The molecule has 0 aliphatic carbocycles. The first-order valence-electron chi connectivity index (χ1n) is 9.19. The summed E-state index contributed by atoms with van der Waals surface area (Å²) in [5, 5.41) is 3.59. The molecule has 0 aliphatic rings. The highest BCUT2D eigenvalue weighted by Crippen LogP contribution is 2.36. The zero-order valence-electron chi connectivity index (χ0n) is 16.5. The van der Waals surface area contributed by atoms with Crippen molar-refractivity contribution in [1.29, 1.82) is 0 Å². The summed E-state index contributed by atoms with van der Waals surface area (Å²) in [4.78, 5) is 20.6. The molecule has 1 amide bonds. The molecular weight excluding hydrogens is 394 g/mol. The van der Waals surface area contributed by atoms with Gasteiger partial charge in [0.15, 0.2) is 11.5 Å². The zero-order valence-corrected chi connectivity index (χ0v) is 17.2. The number of nitrogens with zero attached hydrogens (tertiary/aromatic N) is 2. The lowest BCUT2D eigenvalue weighted by atomic mass is 10.1. The van der Waals surface area contributed by atoms with Crippen molar-refractivity contribution in [2.24, 2.45) is 0 Å². The van der Waals surface area contributed by atoms with Crippen molar-refractivity contribution in [3.63, 3.8) is 0 Å². The van der Waals surface area contributed by atoms with Crippen LogP contribution in [0.5, 0.6) is 11.5 Å². The molecular formula is C21H22ClN3O4. The van der Waals surface area contributed by atoms with Crippen LogP contribution in [-0.4, -0.2) is 36.9 Å². The van der Waals surface area contributed by atoms with E-state index in [1.54, 1.807) is 38.5 Å². The lowest BCUT2D eigenvalue weighted by Crippen LogP contribution is -2.14. The highest BCUT2D eigenvalue weighted by Gasteiger charge is 2.15. The molecule has 0 spiro atoms. The molecule has 0 saturated heterocycles. The molecule has 0 atom stereocenters. The Morgan fingerprint density at radius 2 is 1.86 bits per heavy atom. The fraction of sp³-hybridized carbons (Fsp3) is 0.286. The van der Waals surface area contributed by atoms with E-state index >= 15 is 0 Å². The number of carbonyl (C=O) groups is 1. The number of aromatic nitrogens is 2. The van der Waals surface area contributed by atoms with E-state index in [-0.39, 0.29) is 5.28 Å². The number of halogens is 1. The van der Waals surface area contributed by atoms with Crippen LogP contribution in [0.25, 0.3) is 22.2 Å². The van der Waals surface area contributed by atoms with Crippen molar-refractivity contribution >= 4 is 34.3 Å². The third kappa shape index (κ3) is 4.86. The number of unbranched alkanes of at least 4 members (excludes halogenated alkanes) is 1. The Balaban J connectivity index is 1.99. The van der Waals surface area contributed by atoms with Crippen molar-refractivity contribution < 1.29 is 19.0 Å². The van der Waals surface area contributed by atoms with Crippen molar-refractivity contribution in [3.05, 3.63) is 41.7 Å². The van der Waals surface area contributed by atoms with Crippen LogP contribution in [-0.2, 0) is 4.74 Å². The number of anilines is 1. The predicted molar refractivity (Wildman–Crippen MR) is 113 cm³/mol. The molecule has 152 valence electrons. The number of amides is 1. The minimum absolute atomic E-state index is 0.108. The smallest absolute Gasteiger partial charge is 0.411 e. The van der Waals surface area contributed by atoms with E-state index in [4.69, 9.17) is 25.8 Å². The van der Waals surface area contributed by atoms with Gasteiger partial charge in [0, 0.05) is 22.7 Å². The molecule has 0 saturated carbocycles. The van der Waals surface area contributed by atoms with E-state index < -0.39 is 6.09 Å². The third-order valence-corrected chi connectivity index (χ3v) is 4.46. The van der Waals surface area contributed by atoms with Gasteiger partial charge in [0.2, 0.25) is 5.28 Å². The summed E-state index contributed by atoms with van der Waals surface area (Å²) in [6.45, 7) is 2.42. The number of hydrogen-bond donors (Lipinski definition) is 1. The van der Waals surface area contributed by atoms with Gasteiger partial charge in [-0.2, -0.15) is 0 Å². The van der Waals surface area contributed by atoms with Crippen LogP contribution < -0.4 is 14.8 Å².